The molecule has 0 spiro atoms. The van der Waals surface area contributed by atoms with Crippen molar-refractivity contribution in [1.29, 1.82) is 0 Å². The number of nitrogens with two attached hydrogens (primary N) is 1. The van der Waals surface area contributed by atoms with Gasteiger partial charge in [0, 0.05) is 25.2 Å². The Labute approximate surface area is 114 Å². The summed E-state index contributed by atoms with van der Waals surface area (Å²) in [5.74, 6) is -0.182. The molecule has 0 radical (unpaired) electrons. The molecule has 1 heterocycles. The fourth-order valence-electron chi connectivity index (χ4n) is 2.56. The first kappa shape index (κ1) is 14.4. The average Bonchev–Trinajstić information content (AvgIpc) is 2.53. The Balaban J connectivity index is 2.01. The zero-order chi connectivity index (χ0) is 13.9. The van der Waals surface area contributed by atoms with Crippen LogP contribution in [0.5, 0.6) is 0 Å². The van der Waals surface area contributed by atoms with Crippen molar-refractivity contribution in [1.82, 2.24) is 4.90 Å². The van der Waals surface area contributed by atoms with Crippen LogP contribution in [0.2, 0.25) is 0 Å². The predicted molar refractivity (Wildman–Crippen MR) is 74.0 cm³/mol. The van der Waals surface area contributed by atoms with Crippen molar-refractivity contribution < 1.29 is 9.50 Å². The average molecular weight is 266 g/mol. The minimum absolute atomic E-state index is 0.182. The maximum absolute atomic E-state index is 13.9. The van der Waals surface area contributed by atoms with Gasteiger partial charge in [0.05, 0.1) is 5.60 Å². The van der Waals surface area contributed by atoms with E-state index in [1.54, 1.807) is 0 Å². The van der Waals surface area contributed by atoms with E-state index >= 15 is 0 Å². The topological polar surface area (TPSA) is 49.5 Å². The number of hydrogen-bond donors (Lipinski definition) is 2. The quantitative estimate of drug-likeness (QED) is 0.880. The van der Waals surface area contributed by atoms with Crippen LogP contribution in [-0.4, -0.2) is 28.7 Å². The van der Waals surface area contributed by atoms with Crippen molar-refractivity contribution in [2.45, 2.75) is 44.9 Å². The second-order valence-corrected chi connectivity index (χ2v) is 5.76. The van der Waals surface area contributed by atoms with E-state index in [2.05, 4.69) is 4.90 Å². The van der Waals surface area contributed by atoms with Crippen LogP contribution in [0.3, 0.4) is 0 Å². The van der Waals surface area contributed by atoms with Gasteiger partial charge >= 0.3 is 0 Å². The van der Waals surface area contributed by atoms with Crippen LogP contribution in [0, 0.1) is 5.82 Å². The first-order valence-corrected chi connectivity index (χ1v) is 6.92. The molecule has 2 rings (SSSR count). The number of hydrogen-bond acceptors (Lipinski definition) is 3. The first-order valence-electron chi connectivity index (χ1n) is 6.92. The smallest absolute Gasteiger partial charge is 0.128 e. The molecule has 1 aliphatic heterocycles. The van der Waals surface area contributed by atoms with Gasteiger partial charge in [-0.25, -0.2) is 4.39 Å². The third-order valence-electron chi connectivity index (χ3n) is 3.90. The fraction of sp³-hybridized carbons (Fsp3) is 0.600. The van der Waals surface area contributed by atoms with E-state index in [1.807, 2.05) is 19.1 Å². The zero-order valence-corrected chi connectivity index (χ0v) is 11.5. The van der Waals surface area contributed by atoms with Gasteiger partial charge in [-0.1, -0.05) is 12.1 Å². The summed E-state index contributed by atoms with van der Waals surface area (Å²) in [6.45, 7) is 4.57. The molecule has 0 aliphatic carbocycles. The molecular formula is C15H23FN2O. The monoisotopic (exact) mass is 266 g/mol. The van der Waals surface area contributed by atoms with E-state index in [-0.39, 0.29) is 5.82 Å². The van der Waals surface area contributed by atoms with Crippen LogP contribution in [0.1, 0.15) is 37.3 Å². The summed E-state index contributed by atoms with van der Waals surface area (Å²) in [6, 6.07) is 5.22. The predicted octanol–water partition coefficient (Wildman–Crippen LogP) is 2.02. The number of likely N-dealkylation sites (tertiary alicyclic amines) is 1. The molecule has 0 amide bonds. The Kier molecular flexibility index (Phi) is 4.55. The van der Waals surface area contributed by atoms with Gasteiger partial charge in [-0.05, 0) is 44.4 Å². The second-order valence-electron chi connectivity index (χ2n) is 5.76. The van der Waals surface area contributed by atoms with Gasteiger partial charge in [0.15, 0.2) is 0 Å². The fourth-order valence-corrected chi connectivity index (χ4v) is 2.56. The molecule has 0 aromatic heterocycles. The molecule has 3 N–H and O–H groups in total. The minimum atomic E-state index is -0.573. The second kappa shape index (κ2) is 5.99. The summed E-state index contributed by atoms with van der Waals surface area (Å²) < 4.78 is 13.9. The highest BCUT2D eigenvalue weighted by Crippen LogP contribution is 2.23. The number of benzene rings is 1. The summed E-state index contributed by atoms with van der Waals surface area (Å²) in [7, 11) is 0. The van der Waals surface area contributed by atoms with E-state index in [0.29, 0.717) is 18.7 Å². The summed E-state index contributed by atoms with van der Waals surface area (Å²) in [5.41, 5.74) is 6.45. The summed E-state index contributed by atoms with van der Waals surface area (Å²) in [5, 5.41) is 10.0. The lowest BCUT2D eigenvalue weighted by Gasteiger charge is -2.22. The SMILES string of the molecule is CC1(O)CCCN(Cc2ccc(CN)cc2F)CC1. The molecule has 0 saturated carbocycles. The Hall–Kier alpha value is -0.970. The highest BCUT2D eigenvalue weighted by Gasteiger charge is 2.25. The molecule has 1 saturated heterocycles. The van der Waals surface area contributed by atoms with Crippen LogP contribution in [0.25, 0.3) is 0 Å². The Morgan fingerprint density at radius 1 is 1.37 bits per heavy atom. The van der Waals surface area contributed by atoms with E-state index in [1.165, 1.54) is 6.07 Å². The maximum Gasteiger partial charge on any atom is 0.128 e. The molecule has 1 unspecified atom stereocenters. The lowest BCUT2D eigenvalue weighted by molar-refractivity contribution is 0.0444. The number of aliphatic hydroxyl groups is 1. The number of halogens is 1. The van der Waals surface area contributed by atoms with E-state index in [0.717, 1.165) is 37.9 Å². The molecule has 1 aliphatic rings. The van der Waals surface area contributed by atoms with Gasteiger partial charge in [0.1, 0.15) is 5.82 Å². The first-order chi connectivity index (χ1) is 9.00. The van der Waals surface area contributed by atoms with E-state index < -0.39 is 5.60 Å². The normalized spacial score (nSPS) is 25.3. The minimum Gasteiger partial charge on any atom is -0.390 e. The van der Waals surface area contributed by atoms with Crippen LogP contribution < -0.4 is 5.73 Å². The third-order valence-corrected chi connectivity index (χ3v) is 3.90. The van der Waals surface area contributed by atoms with Gasteiger partial charge in [-0.2, -0.15) is 0 Å². The van der Waals surface area contributed by atoms with Crippen molar-refractivity contribution in [2.24, 2.45) is 5.73 Å². The van der Waals surface area contributed by atoms with E-state index in [4.69, 9.17) is 5.73 Å². The highest BCUT2D eigenvalue weighted by molar-refractivity contribution is 5.24. The maximum atomic E-state index is 13.9. The molecule has 19 heavy (non-hydrogen) atoms. The van der Waals surface area contributed by atoms with E-state index in [9.17, 15) is 9.50 Å². The lowest BCUT2D eigenvalue weighted by atomic mass is 9.98. The molecule has 3 nitrogen and oxygen atoms in total. The highest BCUT2D eigenvalue weighted by atomic mass is 19.1. The van der Waals surface area contributed by atoms with Gasteiger partial charge < -0.3 is 10.8 Å². The van der Waals surface area contributed by atoms with Crippen LogP contribution >= 0.6 is 0 Å². The Morgan fingerprint density at radius 3 is 2.84 bits per heavy atom. The molecule has 1 atom stereocenters. The van der Waals surface area contributed by atoms with Crippen molar-refractivity contribution in [2.75, 3.05) is 13.1 Å². The summed E-state index contributed by atoms with van der Waals surface area (Å²) in [4.78, 5) is 2.21. The number of nitrogens with zero attached hydrogens (tertiary/aromatic N) is 1. The molecule has 4 heteroatoms. The van der Waals surface area contributed by atoms with Crippen molar-refractivity contribution in [3.8, 4) is 0 Å². The van der Waals surface area contributed by atoms with Gasteiger partial charge in [0.25, 0.3) is 0 Å². The standard InChI is InChI=1S/C15H23FN2O/c1-15(19)5-2-7-18(8-6-15)11-13-4-3-12(10-17)9-14(13)16/h3-4,9,19H,2,5-8,10-11,17H2,1H3. The molecule has 0 bridgehead atoms. The molecular weight excluding hydrogens is 243 g/mol. The molecule has 1 aromatic rings. The largest absolute Gasteiger partial charge is 0.390 e. The zero-order valence-electron chi connectivity index (χ0n) is 11.5. The Morgan fingerprint density at radius 2 is 2.16 bits per heavy atom. The Bertz CT molecular complexity index is 434. The molecule has 1 aromatic carbocycles. The van der Waals surface area contributed by atoms with Crippen molar-refractivity contribution in [3.05, 3.63) is 35.1 Å². The van der Waals surface area contributed by atoms with Crippen molar-refractivity contribution in [3.63, 3.8) is 0 Å². The summed E-state index contributed by atoms with van der Waals surface area (Å²) >= 11 is 0. The lowest BCUT2D eigenvalue weighted by Crippen LogP contribution is -2.28. The molecule has 106 valence electrons. The van der Waals surface area contributed by atoms with Crippen molar-refractivity contribution >= 4 is 0 Å². The molecule has 1 fully saturated rings. The van der Waals surface area contributed by atoms with Crippen LogP contribution in [0.15, 0.2) is 18.2 Å². The van der Waals surface area contributed by atoms with Crippen LogP contribution in [0.4, 0.5) is 4.39 Å². The van der Waals surface area contributed by atoms with Gasteiger partial charge in [-0.15, -0.1) is 0 Å². The van der Waals surface area contributed by atoms with Gasteiger partial charge in [0.2, 0.25) is 0 Å². The summed E-state index contributed by atoms with van der Waals surface area (Å²) in [6.07, 6.45) is 2.52. The number of rotatable bonds is 3. The third kappa shape index (κ3) is 4.00. The van der Waals surface area contributed by atoms with Gasteiger partial charge in [-0.3, -0.25) is 4.90 Å². The van der Waals surface area contributed by atoms with Crippen LogP contribution in [-0.2, 0) is 13.1 Å².